The number of amides is 3. The van der Waals surface area contributed by atoms with Crippen LogP contribution < -0.4 is 24.8 Å². The lowest BCUT2D eigenvalue weighted by Crippen LogP contribution is -2.49. The third kappa shape index (κ3) is 15.2. The van der Waals surface area contributed by atoms with Crippen molar-refractivity contribution in [1.82, 2.24) is 15.5 Å². The fourth-order valence-corrected chi connectivity index (χ4v) is 7.51. The number of nitrogens with one attached hydrogen (secondary N) is 2. The minimum atomic E-state index is -4.91. The molecular weight excluding hydrogens is 840 g/mol. The lowest BCUT2D eigenvalue weighted by atomic mass is 9.77. The zero-order valence-corrected chi connectivity index (χ0v) is 36.8. The molecule has 0 saturated carbocycles. The predicted molar refractivity (Wildman–Crippen MR) is 230 cm³/mol. The molecule has 3 N–H and O–H groups in total. The number of aliphatic carboxylic acids is 1. The highest BCUT2D eigenvalue weighted by Gasteiger charge is 2.44. The van der Waals surface area contributed by atoms with Gasteiger partial charge in [-0.2, -0.15) is 13.2 Å². The van der Waals surface area contributed by atoms with Gasteiger partial charge in [0.15, 0.2) is 0 Å². The number of hydrogen-bond donors (Lipinski definition) is 3. The molecule has 64 heavy (non-hydrogen) atoms. The summed E-state index contributed by atoms with van der Waals surface area (Å²) in [6.07, 6.45) is -0.889. The van der Waals surface area contributed by atoms with Crippen LogP contribution in [-0.2, 0) is 39.0 Å². The van der Waals surface area contributed by atoms with Gasteiger partial charge < -0.3 is 44.3 Å². The van der Waals surface area contributed by atoms with Gasteiger partial charge in [0, 0.05) is 44.4 Å². The van der Waals surface area contributed by atoms with Gasteiger partial charge in [0.25, 0.3) is 0 Å². The van der Waals surface area contributed by atoms with Gasteiger partial charge in [-0.15, -0.1) is 0 Å². The fraction of sp³-hybridized carbons (Fsp3) is 0.511. The molecule has 1 fully saturated rings. The number of carbonyl (C=O) groups excluding carboxylic acids is 4. The van der Waals surface area contributed by atoms with Crippen LogP contribution in [0.15, 0.2) is 72.8 Å². The van der Waals surface area contributed by atoms with Crippen molar-refractivity contribution in [3.8, 4) is 17.2 Å². The first-order valence-corrected chi connectivity index (χ1v) is 21.5. The van der Waals surface area contributed by atoms with Crippen LogP contribution in [-0.4, -0.2) is 107 Å². The number of methoxy groups -OCH3 is 3. The average molecular weight is 900 g/mol. The molecule has 1 heterocycles. The number of carbonyl (C=O) groups is 5. The van der Waals surface area contributed by atoms with Crippen molar-refractivity contribution in [2.75, 3.05) is 60.7 Å². The number of esters is 1. The summed E-state index contributed by atoms with van der Waals surface area (Å²) in [7, 11) is 4.77. The molecule has 3 aromatic rings. The van der Waals surface area contributed by atoms with Crippen LogP contribution in [0.5, 0.6) is 17.2 Å². The number of alkyl halides is 3. The smallest absolute Gasteiger partial charge is 0.471 e. The molecule has 0 unspecified atom stereocenters. The summed E-state index contributed by atoms with van der Waals surface area (Å²) in [6.45, 7) is 1.11. The van der Waals surface area contributed by atoms with Crippen LogP contribution in [0.4, 0.5) is 13.2 Å². The molecule has 0 aromatic heterocycles. The number of rotatable bonds is 26. The van der Waals surface area contributed by atoms with Gasteiger partial charge in [-0.3, -0.25) is 24.0 Å². The van der Waals surface area contributed by atoms with E-state index in [1.54, 1.807) is 26.2 Å². The van der Waals surface area contributed by atoms with E-state index in [4.69, 9.17) is 23.7 Å². The van der Waals surface area contributed by atoms with Crippen LogP contribution in [0.2, 0.25) is 0 Å². The second kappa shape index (κ2) is 24.9. The Hall–Kier alpha value is -5.84. The SMILES string of the molecule is COc1ccc(C(OCC2(COC(=O)CCC(=O)O)CCN(C(=O)CCCCCNC(=O)CCCCCNC(=O)C(F)(F)F)CC2)(c2ccc(OC)cc2)c2ccc(OC)cc2)cc1. The van der Waals surface area contributed by atoms with Crippen molar-refractivity contribution in [3.05, 3.63) is 89.5 Å². The second-order valence-corrected chi connectivity index (χ2v) is 15.8. The number of hydrogen-bond acceptors (Lipinski definition) is 10. The van der Waals surface area contributed by atoms with Crippen LogP contribution >= 0.6 is 0 Å². The van der Waals surface area contributed by atoms with E-state index >= 15 is 0 Å². The number of carboxylic acids is 1. The molecule has 14 nitrogen and oxygen atoms in total. The first kappa shape index (κ1) is 50.8. The minimum absolute atomic E-state index is 0.0209. The highest BCUT2D eigenvalue weighted by Crippen LogP contribution is 2.45. The van der Waals surface area contributed by atoms with Crippen LogP contribution in [0.3, 0.4) is 0 Å². The van der Waals surface area contributed by atoms with E-state index in [1.165, 1.54) is 0 Å². The monoisotopic (exact) mass is 899 g/mol. The molecule has 1 saturated heterocycles. The molecule has 0 aliphatic carbocycles. The summed E-state index contributed by atoms with van der Waals surface area (Å²) in [4.78, 5) is 62.3. The number of carboxylic acid groups (broad SMARTS) is 1. The molecule has 4 rings (SSSR count). The second-order valence-electron chi connectivity index (χ2n) is 15.8. The molecule has 17 heteroatoms. The maximum absolute atomic E-state index is 13.4. The summed E-state index contributed by atoms with van der Waals surface area (Å²) in [5.41, 5.74) is 0.406. The summed E-state index contributed by atoms with van der Waals surface area (Å²) in [6, 6.07) is 22.7. The highest BCUT2D eigenvalue weighted by molar-refractivity contribution is 5.81. The Labute approximate surface area is 372 Å². The number of nitrogens with zero attached hydrogens (tertiary/aromatic N) is 1. The highest BCUT2D eigenvalue weighted by atomic mass is 19.4. The molecule has 3 amide bonds. The largest absolute Gasteiger partial charge is 0.497 e. The van der Waals surface area contributed by atoms with E-state index in [2.05, 4.69) is 5.32 Å². The Balaban J connectivity index is 1.41. The topological polar surface area (TPSA) is 179 Å². The Bertz CT molecular complexity index is 1840. The number of ether oxygens (including phenoxy) is 5. The van der Waals surface area contributed by atoms with Crippen LogP contribution in [0.25, 0.3) is 0 Å². The zero-order valence-electron chi connectivity index (χ0n) is 36.8. The lowest BCUT2D eigenvalue weighted by molar-refractivity contribution is -0.173. The minimum Gasteiger partial charge on any atom is -0.497 e. The quantitative estimate of drug-likeness (QED) is 0.0431. The number of likely N-dealkylation sites (tertiary alicyclic amines) is 1. The predicted octanol–water partition coefficient (Wildman–Crippen LogP) is 6.95. The van der Waals surface area contributed by atoms with Crippen molar-refractivity contribution in [2.45, 2.75) is 88.8 Å². The van der Waals surface area contributed by atoms with Crippen LogP contribution in [0.1, 0.15) is 93.7 Å². The molecule has 3 aromatic carbocycles. The van der Waals surface area contributed by atoms with Crippen molar-refractivity contribution in [3.63, 3.8) is 0 Å². The van der Waals surface area contributed by atoms with Crippen LogP contribution in [0, 0.1) is 5.41 Å². The Morgan fingerprint density at radius 3 is 1.55 bits per heavy atom. The van der Waals surface area contributed by atoms with Gasteiger partial charge in [0.05, 0.1) is 47.4 Å². The van der Waals surface area contributed by atoms with Crippen molar-refractivity contribution >= 4 is 29.7 Å². The van der Waals surface area contributed by atoms with E-state index in [-0.39, 0.29) is 50.8 Å². The van der Waals surface area contributed by atoms with E-state index in [0.717, 1.165) is 16.7 Å². The maximum Gasteiger partial charge on any atom is 0.471 e. The Kier molecular flexibility index (Phi) is 19.7. The van der Waals surface area contributed by atoms with E-state index < -0.39 is 35.0 Å². The number of benzene rings is 3. The molecule has 0 bridgehead atoms. The summed E-state index contributed by atoms with van der Waals surface area (Å²) >= 11 is 0. The fourth-order valence-electron chi connectivity index (χ4n) is 7.51. The Morgan fingerprint density at radius 2 is 1.09 bits per heavy atom. The molecule has 0 spiro atoms. The maximum atomic E-state index is 13.4. The average Bonchev–Trinajstić information content (AvgIpc) is 3.30. The molecule has 0 radical (unpaired) electrons. The van der Waals surface area contributed by atoms with Gasteiger partial charge in [-0.25, -0.2) is 0 Å². The summed E-state index contributed by atoms with van der Waals surface area (Å²) in [5, 5.41) is 13.8. The van der Waals surface area contributed by atoms with Gasteiger partial charge in [-0.05, 0) is 91.6 Å². The van der Waals surface area contributed by atoms with Gasteiger partial charge in [0.1, 0.15) is 22.8 Å². The Morgan fingerprint density at radius 1 is 0.625 bits per heavy atom. The standard InChI is InChI=1S/C47H60F3N3O11/c1-60-37-18-12-34(13-19-37)46(35-14-20-38(61-2)21-15-35,36-16-22-39(62-3)23-17-36)64-33-45(32-63-43(58)25-24-42(56)57)26-30-53(31-27-45)41(55)11-7-5-8-28-51-40(54)10-6-4-9-29-52-44(59)47(48,49)50/h12-23H,4-11,24-33H2,1-3H3,(H,51,54)(H,52,59)(H,56,57). The molecule has 350 valence electrons. The summed E-state index contributed by atoms with van der Waals surface area (Å²) in [5.74, 6) is -1.96. The van der Waals surface area contributed by atoms with Gasteiger partial charge >= 0.3 is 24.0 Å². The number of unbranched alkanes of at least 4 members (excludes halogenated alkanes) is 4. The normalized spacial score (nSPS) is 13.7. The first-order chi connectivity index (χ1) is 30.6. The van der Waals surface area contributed by atoms with E-state index in [1.807, 2.05) is 78.1 Å². The molecule has 1 aliphatic heterocycles. The third-order valence-electron chi connectivity index (χ3n) is 11.4. The number of piperidine rings is 1. The molecule has 0 atom stereocenters. The lowest BCUT2D eigenvalue weighted by Gasteiger charge is -2.44. The zero-order chi connectivity index (χ0) is 46.6. The van der Waals surface area contributed by atoms with Crippen molar-refractivity contribution < 1.29 is 65.9 Å². The van der Waals surface area contributed by atoms with Gasteiger partial charge in [0.2, 0.25) is 11.8 Å². The molecule has 1 aliphatic rings. The molecular formula is C47H60F3N3O11. The van der Waals surface area contributed by atoms with Gasteiger partial charge in [-0.1, -0.05) is 49.2 Å². The first-order valence-electron chi connectivity index (χ1n) is 21.5. The van der Waals surface area contributed by atoms with E-state index in [0.29, 0.717) is 94.7 Å². The van der Waals surface area contributed by atoms with E-state index in [9.17, 15) is 42.3 Å². The number of halogens is 3. The van der Waals surface area contributed by atoms with Crippen molar-refractivity contribution in [2.24, 2.45) is 5.41 Å². The third-order valence-corrected chi connectivity index (χ3v) is 11.4. The summed E-state index contributed by atoms with van der Waals surface area (Å²) < 4.78 is 66.3. The van der Waals surface area contributed by atoms with Crippen molar-refractivity contribution in [1.29, 1.82) is 0 Å².